The number of likely N-dealkylation sites (tertiary alicyclic amines) is 1. The Morgan fingerprint density at radius 1 is 1.35 bits per heavy atom. The van der Waals surface area contributed by atoms with Crippen molar-refractivity contribution in [1.82, 2.24) is 4.90 Å². The zero-order valence-electron chi connectivity index (χ0n) is 10.6. The van der Waals surface area contributed by atoms with Gasteiger partial charge in [0, 0.05) is 32.0 Å². The molecular weight excluding hydrogens is 222 g/mol. The van der Waals surface area contributed by atoms with Crippen LogP contribution in [0.15, 0.2) is 0 Å². The minimum absolute atomic E-state index is 0.147. The van der Waals surface area contributed by atoms with E-state index < -0.39 is 0 Å². The first-order valence-electron chi connectivity index (χ1n) is 6.24. The number of hydrogen-bond acceptors (Lipinski definition) is 5. The third kappa shape index (κ3) is 2.97. The number of rotatable bonds is 3. The zero-order chi connectivity index (χ0) is 12.3. The van der Waals surface area contributed by atoms with E-state index in [-0.39, 0.29) is 17.8 Å². The number of esters is 1. The van der Waals surface area contributed by atoms with Crippen LogP contribution in [0.25, 0.3) is 0 Å². The SMILES string of the molecule is COC(=O)CC(C)N1CCC2(CC1)OCCO2. The van der Waals surface area contributed by atoms with Gasteiger partial charge in [-0.3, -0.25) is 9.69 Å². The largest absolute Gasteiger partial charge is 0.469 e. The van der Waals surface area contributed by atoms with E-state index >= 15 is 0 Å². The molecule has 0 amide bonds. The first-order chi connectivity index (χ1) is 8.15. The molecule has 17 heavy (non-hydrogen) atoms. The average molecular weight is 243 g/mol. The molecule has 2 saturated heterocycles. The van der Waals surface area contributed by atoms with Crippen LogP contribution in [-0.2, 0) is 19.0 Å². The summed E-state index contributed by atoms with van der Waals surface area (Å²) in [4.78, 5) is 13.5. The highest BCUT2D eigenvalue weighted by Gasteiger charge is 2.40. The predicted octanol–water partition coefficient (Wildman–Crippen LogP) is 0.777. The van der Waals surface area contributed by atoms with Crippen molar-refractivity contribution in [2.45, 2.75) is 38.0 Å². The highest BCUT2D eigenvalue weighted by atomic mass is 16.7. The molecule has 2 aliphatic heterocycles. The minimum Gasteiger partial charge on any atom is -0.469 e. The fourth-order valence-corrected chi connectivity index (χ4v) is 2.54. The molecule has 0 aromatic rings. The van der Waals surface area contributed by atoms with Crippen molar-refractivity contribution in [1.29, 1.82) is 0 Å². The van der Waals surface area contributed by atoms with Gasteiger partial charge in [0.05, 0.1) is 26.7 Å². The Hall–Kier alpha value is -0.650. The van der Waals surface area contributed by atoms with Gasteiger partial charge in [-0.1, -0.05) is 0 Å². The molecule has 1 spiro atoms. The van der Waals surface area contributed by atoms with E-state index in [0.29, 0.717) is 19.6 Å². The molecular formula is C12H21NO4. The quantitative estimate of drug-likeness (QED) is 0.685. The fourth-order valence-electron chi connectivity index (χ4n) is 2.54. The third-order valence-corrected chi connectivity index (χ3v) is 3.69. The highest BCUT2D eigenvalue weighted by molar-refractivity contribution is 5.69. The second-order valence-electron chi connectivity index (χ2n) is 4.77. The Balaban J connectivity index is 1.80. The lowest BCUT2D eigenvalue weighted by Crippen LogP contribution is -2.48. The van der Waals surface area contributed by atoms with E-state index in [1.165, 1.54) is 7.11 Å². The summed E-state index contributed by atoms with van der Waals surface area (Å²) in [7, 11) is 1.43. The molecule has 0 aliphatic carbocycles. The Morgan fingerprint density at radius 2 is 1.94 bits per heavy atom. The maximum absolute atomic E-state index is 11.2. The van der Waals surface area contributed by atoms with Crippen molar-refractivity contribution in [2.24, 2.45) is 0 Å². The number of carbonyl (C=O) groups is 1. The van der Waals surface area contributed by atoms with E-state index in [9.17, 15) is 4.79 Å². The Bertz CT molecular complexity index is 266. The van der Waals surface area contributed by atoms with Gasteiger partial charge in [0.25, 0.3) is 0 Å². The van der Waals surface area contributed by atoms with Gasteiger partial charge in [-0.2, -0.15) is 0 Å². The van der Waals surface area contributed by atoms with Gasteiger partial charge in [0.15, 0.2) is 5.79 Å². The van der Waals surface area contributed by atoms with Gasteiger partial charge in [-0.25, -0.2) is 0 Å². The standard InChI is InChI=1S/C12H21NO4/c1-10(9-11(14)15-2)13-5-3-12(4-6-13)16-7-8-17-12/h10H,3-9H2,1-2H3. The summed E-state index contributed by atoms with van der Waals surface area (Å²) >= 11 is 0. The molecule has 0 saturated carbocycles. The molecule has 0 N–H and O–H groups in total. The summed E-state index contributed by atoms with van der Waals surface area (Å²) in [6.45, 7) is 5.30. The number of nitrogens with zero attached hydrogens (tertiary/aromatic N) is 1. The highest BCUT2D eigenvalue weighted by Crippen LogP contribution is 2.32. The van der Waals surface area contributed by atoms with Gasteiger partial charge in [0.2, 0.25) is 0 Å². The lowest BCUT2D eigenvalue weighted by Gasteiger charge is -2.40. The van der Waals surface area contributed by atoms with Gasteiger partial charge >= 0.3 is 5.97 Å². The van der Waals surface area contributed by atoms with Gasteiger partial charge in [-0.15, -0.1) is 0 Å². The number of piperidine rings is 1. The molecule has 2 fully saturated rings. The topological polar surface area (TPSA) is 48.0 Å². The summed E-state index contributed by atoms with van der Waals surface area (Å²) < 4.78 is 16.0. The predicted molar refractivity (Wildman–Crippen MR) is 61.5 cm³/mol. The molecule has 0 aromatic carbocycles. The van der Waals surface area contributed by atoms with Crippen molar-refractivity contribution in [3.8, 4) is 0 Å². The van der Waals surface area contributed by atoms with Crippen LogP contribution in [0, 0.1) is 0 Å². The Kier molecular flexibility index (Phi) is 4.01. The second kappa shape index (κ2) is 5.33. The molecule has 98 valence electrons. The summed E-state index contributed by atoms with van der Waals surface area (Å²) in [5.41, 5.74) is 0. The molecule has 2 heterocycles. The Labute approximate surface area is 102 Å². The van der Waals surface area contributed by atoms with Crippen LogP contribution < -0.4 is 0 Å². The molecule has 1 atom stereocenters. The van der Waals surface area contributed by atoms with E-state index in [2.05, 4.69) is 16.6 Å². The van der Waals surface area contributed by atoms with Crippen LogP contribution >= 0.6 is 0 Å². The molecule has 5 heteroatoms. The van der Waals surface area contributed by atoms with Crippen molar-refractivity contribution in [3.05, 3.63) is 0 Å². The van der Waals surface area contributed by atoms with E-state index in [4.69, 9.17) is 9.47 Å². The monoisotopic (exact) mass is 243 g/mol. The van der Waals surface area contributed by atoms with Crippen molar-refractivity contribution in [3.63, 3.8) is 0 Å². The normalized spacial score (nSPS) is 26.0. The van der Waals surface area contributed by atoms with Crippen LogP contribution in [0.1, 0.15) is 26.2 Å². The molecule has 2 aliphatic rings. The number of carbonyl (C=O) groups excluding carboxylic acids is 1. The van der Waals surface area contributed by atoms with Crippen LogP contribution in [0.2, 0.25) is 0 Å². The van der Waals surface area contributed by atoms with Gasteiger partial charge in [0.1, 0.15) is 0 Å². The fraction of sp³-hybridized carbons (Fsp3) is 0.917. The second-order valence-corrected chi connectivity index (χ2v) is 4.77. The first kappa shape index (κ1) is 12.8. The average Bonchev–Trinajstić information content (AvgIpc) is 2.78. The molecule has 0 bridgehead atoms. The molecule has 1 unspecified atom stereocenters. The van der Waals surface area contributed by atoms with Crippen LogP contribution in [0.3, 0.4) is 0 Å². The first-order valence-corrected chi connectivity index (χ1v) is 6.24. The van der Waals surface area contributed by atoms with Gasteiger partial charge < -0.3 is 14.2 Å². The number of ether oxygens (including phenoxy) is 3. The molecule has 2 rings (SSSR count). The van der Waals surface area contributed by atoms with Crippen LogP contribution in [0.5, 0.6) is 0 Å². The molecule has 0 aromatic heterocycles. The Morgan fingerprint density at radius 3 is 2.47 bits per heavy atom. The lowest BCUT2D eigenvalue weighted by atomic mass is 10.0. The zero-order valence-corrected chi connectivity index (χ0v) is 10.6. The maximum Gasteiger partial charge on any atom is 0.307 e. The third-order valence-electron chi connectivity index (χ3n) is 3.69. The van der Waals surface area contributed by atoms with Crippen LogP contribution in [-0.4, -0.2) is 56.1 Å². The summed E-state index contributed by atoms with van der Waals surface area (Å²) in [6, 6.07) is 0.223. The van der Waals surface area contributed by atoms with E-state index in [0.717, 1.165) is 25.9 Å². The van der Waals surface area contributed by atoms with Crippen molar-refractivity contribution < 1.29 is 19.0 Å². The molecule has 0 radical (unpaired) electrons. The maximum atomic E-state index is 11.2. The number of hydrogen-bond donors (Lipinski definition) is 0. The summed E-state index contributed by atoms with van der Waals surface area (Å²) in [5.74, 6) is -0.479. The van der Waals surface area contributed by atoms with E-state index in [1.54, 1.807) is 0 Å². The molecule has 5 nitrogen and oxygen atoms in total. The summed E-state index contributed by atoms with van der Waals surface area (Å²) in [5, 5.41) is 0. The van der Waals surface area contributed by atoms with Crippen molar-refractivity contribution in [2.75, 3.05) is 33.4 Å². The van der Waals surface area contributed by atoms with Gasteiger partial charge in [-0.05, 0) is 6.92 Å². The lowest BCUT2D eigenvalue weighted by molar-refractivity contribution is -0.187. The number of methoxy groups -OCH3 is 1. The minimum atomic E-state index is -0.332. The van der Waals surface area contributed by atoms with E-state index in [1.807, 2.05) is 0 Å². The van der Waals surface area contributed by atoms with Crippen molar-refractivity contribution >= 4 is 5.97 Å². The smallest absolute Gasteiger partial charge is 0.307 e. The van der Waals surface area contributed by atoms with Crippen LogP contribution in [0.4, 0.5) is 0 Å². The summed E-state index contributed by atoms with van der Waals surface area (Å²) in [6.07, 6.45) is 2.22.